The van der Waals surface area contributed by atoms with Gasteiger partial charge in [0, 0.05) is 26.2 Å². The molecule has 2 aromatic rings. The van der Waals surface area contributed by atoms with Gasteiger partial charge in [-0.2, -0.15) is 9.78 Å². The van der Waals surface area contributed by atoms with Crippen molar-refractivity contribution < 1.29 is 9.13 Å². The summed E-state index contributed by atoms with van der Waals surface area (Å²) in [6.07, 6.45) is 5.90. The van der Waals surface area contributed by atoms with E-state index in [1.54, 1.807) is 19.2 Å². The van der Waals surface area contributed by atoms with E-state index >= 15 is 0 Å². The standard InChI is InChI=1S/C20H25FN4O2/c1-14-10-15(21)12-16(11-14)25-20(26)19(27-17-4-2-3-5-17)18(13-23-25)24-8-6-22-7-9-24/h10-13,17,22H,2-9H2,1H3. The molecule has 1 saturated heterocycles. The van der Waals surface area contributed by atoms with Gasteiger partial charge in [-0.25, -0.2) is 4.39 Å². The second-order valence-electron chi connectivity index (χ2n) is 7.32. The molecule has 2 aliphatic rings. The summed E-state index contributed by atoms with van der Waals surface area (Å²) in [5, 5.41) is 7.65. The third-order valence-electron chi connectivity index (χ3n) is 5.23. The fourth-order valence-electron chi connectivity index (χ4n) is 3.87. The number of hydrogen-bond donors (Lipinski definition) is 1. The first-order valence-corrected chi connectivity index (χ1v) is 9.64. The van der Waals surface area contributed by atoms with E-state index in [0.717, 1.165) is 63.1 Å². The van der Waals surface area contributed by atoms with Gasteiger partial charge in [-0.3, -0.25) is 4.79 Å². The maximum Gasteiger partial charge on any atom is 0.316 e. The summed E-state index contributed by atoms with van der Waals surface area (Å²) >= 11 is 0. The van der Waals surface area contributed by atoms with Crippen LogP contribution in [-0.2, 0) is 0 Å². The Kier molecular flexibility index (Phi) is 5.11. The molecule has 0 bridgehead atoms. The van der Waals surface area contributed by atoms with Crippen LogP contribution in [0.2, 0.25) is 0 Å². The third kappa shape index (κ3) is 3.83. The Morgan fingerprint density at radius 2 is 1.93 bits per heavy atom. The van der Waals surface area contributed by atoms with Crippen LogP contribution < -0.4 is 20.5 Å². The Morgan fingerprint density at radius 3 is 2.63 bits per heavy atom. The van der Waals surface area contributed by atoms with Crippen LogP contribution >= 0.6 is 0 Å². The Morgan fingerprint density at radius 1 is 1.19 bits per heavy atom. The summed E-state index contributed by atoms with van der Waals surface area (Å²) in [6, 6.07) is 4.51. The topological polar surface area (TPSA) is 59.4 Å². The molecule has 4 rings (SSSR count). The summed E-state index contributed by atoms with van der Waals surface area (Å²) in [6.45, 7) is 5.10. The lowest BCUT2D eigenvalue weighted by Crippen LogP contribution is -2.44. The fourth-order valence-corrected chi connectivity index (χ4v) is 3.87. The lowest BCUT2D eigenvalue weighted by atomic mass is 10.2. The van der Waals surface area contributed by atoms with E-state index in [9.17, 15) is 9.18 Å². The average Bonchev–Trinajstić information content (AvgIpc) is 3.16. The number of nitrogens with one attached hydrogen (secondary N) is 1. The van der Waals surface area contributed by atoms with Gasteiger partial charge in [0.15, 0.2) is 0 Å². The van der Waals surface area contributed by atoms with Crippen LogP contribution in [-0.4, -0.2) is 42.1 Å². The minimum atomic E-state index is -0.386. The maximum absolute atomic E-state index is 13.9. The molecule has 0 radical (unpaired) electrons. The Bertz CT molecular complexity index is 851. The highest BCUT2D eigenvalue weighted by molar-refractivity contribution is 5.57. The van der Waals surface area contributed by atoms with Crippen molar-refractivity contribution in [3.63, 3.8) is 0 Å². The van der Waals surface area contributed by atoms with Crippen LogP contribution in [0, 0.1) is 12.7 Å². The van der Waals surface area contributed by atoms with Crippen LogP contribution in [0.25, 0.3) is 5.69 Å². The number of anilines is 1. The van der Waals surface area contributed by atoms with Gasteiger partial charge >= 0.3 is 5.56 Å². The molecule has 1 aromatic heterocycles. The van der Waals surface area contributed by atoms with Crippen molar-refractivity contribution in [3.8, 4) is 11.4 Å². The summed E-state index contributed by atoms with van der Waals surface area (Å²) in [5.74, 6) is -0.0520. The molecule has 0 amide bonds. The van der Waals surface area contributed by atoms with Crippen LogP contribution in [0.15, 0.2) is 29.2 Å². The molecule has 0 spiro atoms. The second kappa shape index (κ2) is 7.68. The molecule has 1 aromatic carbocycles. The molecule has 7 heteroatoms. The van der Waals surface area contributed by atoms with E-state index in [1.807, 2.05) is 0 Å². The highest BCUT2D eigenvalue weighted by Gasteiger charge is 2.25. The number of aryl methyl sites for hydroxylation is 1. The summed E-state index contributed by atoms with van der Waals surface area (Å²) < 4.78 is 21.3. The molecule has 1 aliphatic heterocycles. The third-order valence-corrected chi connectivity index (χ3v) is 5.23. The highest BCUT2D eigenvalue weighted by atomic mass is 19.1. The number of halogens is 1. The van der Waals surface area contributed by atoms with Crippen LogP contribution in [0.5, 0.6) is 5.75 Å². The first-order valence-electron chi connectivity index (χ1n) is 9.64. The zero-order chi connectivity index (χ0) is 18.8. The van der Waals surface area contributed by atoms with E-state index < -0.39 is 0 Å². The van der Waals surface area contributed by atoms with Crippen LogP contribution in [0.4, 0.5) is 10.1 Å². The summed E-state index contributed by atoms with van der Waals surface area (Å²) in [7, 11) is 0. The van der Waals surface area contributed by atoms with Crippen molar-refractivity contribution in [1.29, 1.82) is 0 Å². The summed E-state index contributed by atoms with van der Waals surface area (Å²) in [4.78, 5) is 15.4. The number of benzene rings is 1. The molecule has 0 atom stereocenters. The Balaban J connectivity index is 1.78. The molecule has 0 unspecified atom stereocenters. The molecule has 2 heterocycles. The molecule has 1 N–H and O–H groups in total. The van der Waals surface area contributed by atoms with Gasteiger partial charge in [-0.15, -0.1) is 0 Å². The van der Waals surface area contributed by atoms with Crippen molar-refractivity contribution in [2.75, 3.05) is 31.1 Å². The van der Waals surface area contributed by atoms with Crippen molar-refractivity contribution >= 4 is 5.69 Å². The van der Waals surface area contributed by atoms with E-state index in [2.05, 4.69) is 15.3 Å². The fraction of sp³-hybridized carbons (Fsp3) is 0.500. The Labute approximate surface area is 157 Å². The van der Waals surface area contributed by atoms with Gasteiger partial charge in [0.2, 0.25) is 5.75 Å². The highest BCUT2D eigenvalue weighted by Crippen LogP contribution is 2.29. The van der Waals surface area contributed by atoms with Gasteiger partial charge in [0.05, 0.1) is 18.0 Å². The van der Waals surface area contributed by atoms with Crippen LogP contribution in [0.3, 0.4) is 0 Å². The Hall–Kier alpha value is -2.41. The minimum absolute atomic E-state index is 0.0597. The molecule has 2 fully saturated rings. The summed E-state index contributed by atoms with van der Waals surface area (Å²) in [5.41, 5.74) is 1.56. The first kappa shape index (κ1) is 18.0. The van der Waals surface area contributed by atoms with Crippen molar-refractivity contribution in [1.82, 2.24) is 15.1 Å². The quantitative estimate of drug-likeness (QED) is 0.893. The molecule has 1 aliphatic carbocycles. The number of hydrogen-bond acceptors (Lipinski definition) is 5. The van der Waals surface area contributed by atoms with Crippen molar-refractivity contribution in [2.24, 2.45) is 0 Å². The largest absolute Gasteiger partial charge is 0.483 e. The van der Waals surface area contributed by atoms with E-state index in [-0.39, 0.29) is 17.5 Å². The molecule has 1 saturated carbocycles. The van der Waals surface area contributed by atoms with E-state index in [0.29, 0.717) is 11.4 Å². The van der Waals surface area contributed by atoms with Gasteiger partial charge in [-0.1, -0.05) is 0 Å². The lowest BCUT2D eigenvalue weighted by molar-refractivity contribution is 0.206. The number of nitrogens with zero attached hydrogens (tertiary/aromatic N) is 3. The van der Waals surface area contributed by atoms with Gasteiger partial charge in [0.1, 0.15) is 11.5 Å². The lowest BCUT2D eigenvalue weighted by Gasteiger charge is -2.31. The van der Waals surface area contributed by atoms with E-state index in [1.165, 1.54) is 16.8 Å². The zero-order valence-electron chi connectivity index (χ0n) is 15.6. The molecule has 27 heavy (non-hydrogen) atoms. The molecular weight excluding hydrogens is 347 g/mol. The number of ether oxygens (including phenoxy) is 1. The predicted octanol–water partition coefficient (Wildman–Crippen LogP) is 2.41. The van der Waals surface area contributed by atoms with Crippen molar-refractivity contribution in [2.45, 2.75) is 38.7 Å². The normalized spacial score (nSPS) is 18.1. The van der Waals surface area contributed by atoms with Gasteiger partial charge < -0.3 is 15.0 Å². The molecule has 144 valence electrons. The predicted molar refractivity (Wildman–Crippen MR) is 102 cm³/mol. The smallest absolute Gasteiger partial charge is 0.316 e. The molecule has 6 nitrogen and oxygen atoms in total. The van der Waals surface area contributed by atoms with Gasteiger partial charge in [0.25, 0.3) is 0 Å². The molecular formula is C20H25FN4O2. The minimum Gasteiger partial charge on any atom is -0.483 e. The first-order chi connectivity index (χ1) is 13.1. The maximum atomic E-state index is 13.9. The zero-order valence-corrected chi connectivity index (χ0v) is 15.6. The monoisotopic (exact) mass is 372 g/mol. The average molecular weight is 372 g/mol. The van der Waals surface area contributed by atoms with Crippen LogP contribution in [0.1, 0.15) is 31.2 Å². The number of rotatable bonds is 4. The van der Waals surface area contributed by atoms with Gasteiger partial charge in [-0.05, 0) is 56.4 Å². The number of piperazine rings is 1. The van der Waals surface area contributed by atoms with E-state index in [4.69, 9.17) is 4.74 Å². The van der Waals surface area contributed by atoms with Crippen molar-refractivity contribution in [3.05, 3.63) is 46.1 Å². The second-order valence-corrected chi connectivity index (χ2v) is 7.32. The number of aromatic nitrogens is 2. The SMILES string of the molecule is Cc1cc(F)cc(-n2ncc(N3CCNCC3)c(OC3CCCC3)c2=O)c1.